The van der Waals surface area contributed by atoms with Crippen molar-refractivity contribution in [1.82, 2.24) is 0 Å². The molecule has 21 heavy (non-hydrogen) atoms. The number of morpholine rings is 1. The van der Waals surface area contributed by atoms with E-state index in [1.54, 1.807) is 0 Å². The maximum Gasteiger partial charge on any atom is 0.0642 e. The summed E-state index contributed by atoms with van der Waals surface area (Å²) < 4.78 is 11.2. The smallest absolute Gasteiger partial charge is 0.0642 e. The van der Waals surface area contributed by atoms with Gasteiger partial charge in [0.2, 0.25) is 0 Å². The Bertz CT molecular complexity index is 433. The van der Waals surface area contributed by atoms with E-state index >= 15 is 0 Å². The fourth-order valence-corrected chi connectivity index (χ4v) is 3.35. The van der Waals surface area contributed by atoms with Gasteiger partial charge < -0.3 is 19.7 Å². The standard InChI is InChI=1S/C17H26N2O2/c1-13-11-16(12-14(2)21-13)18-15-3-5-17(6-4-15)19-7-9-20-10-8-19/h3-6,13-14,16,18H,7-12H2,1-2H3. The van der Waals surface area contributed by atoms with Crippen LogP contribution in [-0.2, 0) is 9.47 Å². The van der Waals surface area contributed by atoms with E-state index in [0.29, 0.717) is 18.2 Å². The van der Waals surface area contributed by atoms with E-state index in [4.69, 9.17) is 9.47 Å². The van der Waals surface area contributed by atoms with E-state index in [1.807, 2.05) is 0 Å². The monoisotopic (exact) mass is 290 g/mol. The van der Waals surface area contributed by atoms with Gasteiger partial charge in [-0.05, 0) is 51.0 Å². The molecule has 0 amide bonds. The van der Waals surface area contributed by atoms with Crippen LogP contribution in [0.25, 0.3) is 0 Å². The van der Waals surface area contributed by atoms with Crippen LogP contribution in [0.4, 0.5) is 11.4 Å². The summed E-state index contributed by atoms with van der Waals surface area (Å²) in [7, 11) is 0. The first-order valence-electron chi connectivity index (χ1n) is 8.05. The first kappa shape index (κ1) is 14.7. The zero-order chi connectivity index (χ0) is 14.7. The Kier molecular flexibility index (Phi) is 4.66. The highest BCUT2D eigenvalue weighted by Crippen LogP contribution is 2.24. The summed E-state index contributed by atoms with van der Waals surface area (Å²) in [6.07, 6.45) is 2.85. The molecule has 4 heteroatoms. The summed E-state index contributed by atoms with van der Waals surface area (Å²) in [5.74, 6) is 0. The van der Waals surface area contributed by atoms with Crippen molar-refractivity contribution in [3.63, 3.8) is 0 Å². The van der Waals surface area contributed by atoms with Crippen LogP contribution in [0.5, 0.6) is 0 Å². The zero-order valence-corrected chi connectivity index (χ0v) is 13.0. The Hall–Kier alpha value is -1.26. The molecule has 1 N–H and O–H groups in total. The third-order valence-electron chi connectivity index (χ3n) is 4.31. The summed E-state index contributed by atoms with van der Waals surface area (Å²) in [5.41, 5.74) is 2.50. The van der Waals surface area contributed by atoms with Crippen LogP contribution in [0.1, 0.15) is 26.7 Å². The van der Waals surface area contributed by atoms with Gasteiger partial charge in [-0.25, -0.2) is 0 Å². The largest absolute Gasteiger partial charge is 0.382 e. The molecule has 0 saturated carbocycles. The minimum atomic E-state index is 0.346. The van der Waals surface area contributed by atoms with Crippen LogP contribution >= 0.6 is 0 Å². The molecule has 2 aliphatic heterocycles. The predicted octanol–water partition coefficient (Wildman–Crippen LogP) is 2.89. The molecule has 3 rings (SSSR count). The molecule has 2 heterocycles. The van der Waals surface area contributed by atoms with Crippen molar-refractivity contribution < 1.29 is 9.47 Å². The number of hydrogen-bond acceptors (Lipinski definition) is 4. The molecule has 2 unspecified atom stereocenters. The van der Waals surface area contributed by atoms with Gasteiger partial charge in [0.25, 0.3) is 0 Å². The number of hydrogen-bond donors (Lipinski definition) is 1. The molecule has 1 aromatic carbocycles. The van der Waals surface area contributed by atoms with Gasteiger partial charge >= 0.3 is 0 Å². The molecule has 0 spiro atoms. The highest BCUT2D eigenvalue weighted by molar-refractivity contribution is 5.55. The van der Waals surface area contributed by atoms with Crippen LogP contribution in [0.15, 0.2) is 24.3 Å². The Balaban J connectivity index is 1.59. The average Bonchev–Trinajstić information content (AvgIpc) is 2.48. The van der Waals surface area contributed by atoms with E-state index in [-0.39, 0.29) is 0 Å². The second kappa shape index (κ2) is 6.67. The van der Waals surface area contributed by atoms with Gasteiger partial charge in [-0.15, -0.1) is 0 Å². The summed E-state index contributed by atoms with van der Waals surface area (Å²) in [5, 5.41) is 3.65. The Morgan fingerprint density at radius 3 is 2.24 bits per heavy atom. The van der Waals surface area contributed by atoms with Gasteiger partial charge in [-0.2, -0.15) is 0 Å². The van der Waals surface area contributed by atoms with Crippen molar-refractivity contribution in [3.8, 4) is 0 Å². The van der Waals surface area contributed by atoms with Crippen molar-refractivity contribution >= 4 is 11.4 Å². The molecule has 1 aromatic rings. The quantitative estimate of drug-likeness (QED) is 0.928. The Morgan fingerprint density at radius 2 is 1.62 bits per heavy atom. The molecule has 2 saturated heterocycles. The van der Waals surface area contributed by atoms with Crippen LogP contribution in [-0.4, -0.2) is 44.6 Å². The number of rotatable bonds is 3. The molecule has 4 nitrogen and oxygen atoms in total. The van der Waals surface area contributed by atoms with Crippen LogP contribution in [0.3, 0.4) is 0 Å². The van der Waals surface area contributed by atoms with E-state index < -0.39 is 0 Å². The average molecular weight is 290 g/mol. The Morgan fingerprint density at radius 1 is 1.00 bits per heavy atom. The summed E-state index contributed by atoms with van der Waals surface area (Å²) >= 11 is 0. The first-order chi connectivity index (χ1) is 10.2. The lowest BCUT2D eigenvalue weighted by Gasteiger charge is -2.33. The lowest BCUT2D eigenvalue weighted by atomic mass is 9.99. The molecule has 116 valence electrons. The van der Waals surface area contributed by atoms with Crippen LogP contribution in [0.2, 0.25) is 0 Å². The maximum atomic E-state index is 5.79. The molecule has 2 fully saturated rings. The van der Waals surface area contributed by atoms with Gasteiger partial charge in [0.15, 0.2) is 0 Å². The van der Waals surface area contributed by atoms with Gasteiger partial charge in [0, 0.05) is 30.5 Å². The molecule has 0 aliphatic carbocycles. The lowest BCUT2D eigenvalue weighted by molar-refractivity contribution is -0.0337. The molecule has 2 aliphatic rings. The summed E-state index contributed by atoms with van der Waals surface area (Å²) in [6, 6.07) is 9.31. The van der Waals surface area contributed by atoms with Crippen LogP contribution < -0.4 is 10.2 Å². The van der Waals surface area contributed by atoms with Crippen molar-refractivity contribution in [1.29, 1.82) is 0 Å². The number of nitrogens with one attached hydrogen (secondary N) is 1. The van der Waals surface area contributed by atoms with Gasteiger partial charge in [-0.3, -0.25) is 0 Å². The van der Waals surface area contributed by atoms with Crippen LogP contribution in [0, 0.1) is 0 Å². The van der Waals surface area contributed by atoms with Crippen molar-refractivity contribution in [2.24, 2.45) is 0 Å². The summed E-state index contributed by atoms with van der Waals surface area (Å²) in [4.78, 5) is 2.38. The van der Waals surface area contributed by atoms with E-state index in [0.717, 1.165) is 39.1 Å². The van der Waals surface area contributed by atoms with Crippen molar-refractivity contribution in [2.45, 2.75) is 44.9 Å². The second-order valence-corrected chi connectivity index (χ2v) is 6.22. The fourth-order valence-electron chi connectivity index (χ4n) is 3.35. The van der Waals surface area contributed by atoms with Gasteiger partial charge in [0.05, 0.1) is 25.4 Å². The van der Waals surface area contributed by atoms with Crippen molar-refractivity contribution in [2.75, 3.05) is 36.5 Å². The van der Waals surface area contributed by atoms with E-state index in [2.05, 4.69) is 48.3 Å². The maximum absolute atomic E-state index is 5.79. The third kappa shape index (κ3) is 3.89. The Labute approximate surface area is 127 Å². The number of ether oxygens (including phenoxy) is 2. The molecule has 0 radical (unpaired) electrons. The highest BCUT2D eigenvalue weighted by atomic mass is 16.5. The topological polar surface area (TPSA) is 33.7 Å². The van der Waals surface area contributed by atoms with E-state index in [9.17, 15) is 0 Å². The zero-order valence-electron chi connectivity index (χ0n) is 13.0. The van der Waals surface area contributed by atoms with Crippen molar-refractivity contribution in [3.05, 3.63) is 24.3 Å². The normalized spacial score (nSPS) is 30.2. The number of benzene rings is 1. The molecular weight excluding hydrogens is 264 g/mol. The SMILES string of the molecule is CC1CC(Nc2ccc(N3CCOCC3)cc2)CC(C)O1. The van der Waals surface area contributed by atoms with Gasteiger partial charge in [0.1, 0.15) is 0 Å². The van der Waals surface area contributed by atoms with Gasteiger partial charge in [-0.1, -0.05) is 0 Å². The minimum Gasteiger partial charge on any atom is -0.382 e. The molecule has 0 aromatic heterocycles. The second-order valence-electron chi connectivity index (χ2n) is 6.22. The number of anilines is 2. The molecular formula is C17H26N2O2. The highest BCUT2D eigenvalue weighted by Gasteiger charge is 2.24. The number of nitrogens with zero attached hydrogens (tertiary/aromatic N) is 1. The fraction of sp³-hybridized carbons (Fsp3) is 0.647. The predicted molar refractivity (Wildman–Crippen MR) is 86.1 cm³/mol. The lowest BCUT2D eigenvalue weighted by Crippen LogP contribution is -2.37. The summed E-state index contributed by atoms with van der Waals surface area (Å²) in [6.45, 7) is 7.96. The minimum absolute atomic E-state index is 0.346. The molecule has 2 atom stereocenters. The first-order valence-corrected chi connectivity index (χ1v) is 8.05. The third-order valence-corrected chi connectivity index (χ3v) is 4.31. The van der Waals surface area contributed by atoms with E-state index in [1.165, 1.54) is 11.4 Å². The molecule has 0 bridgehead atoms.